The molecule has 28 heavy (non-hydrogen) atoms. The summed E-state index contributed by atoms with van der Waals surface area (Å²) < 4.78 is 5.11. The molecule has 1 N–H and O–H groups in total. The summed E-state index contributed by atoms with van der Waals surface area (Å²) >= 11 is 0. The Morgan fingerprint density at radius 2 is 1.86 bits per heavy atom. The molecular formula is C22H32N2O4. The quantitative estimate of drug-likeness (QED) is 0.624. The summed E-state index contributed by atoms with van der Waals surface area (Å²) in [6.07, 6.45) is 4.63. The largest absolute Gasteiger partial charge is 0.452 e. The second kappa shape index (κ2) is 10.8. The van der Waals surface area contributed by atoms with Crippen molar-refractivity contribution in [3.8, 4) is 0 Å². The molecule has 2 amide bonds. The second-order valence-electron chi connectivity index (χ2n) is 7.99. The first-order chi connectivity index (χ1) is 13.3. The van der Waals surface area contributed by atoms with Crippen molar-refractivity contribution in [1.82, 2.24) is 10.2 Å². The fourth-order valence-corrected chi connectivity index (χ4v) is 3.27. The Kier molecular flexibility index (Phi) is 8.48. The van der Waals surface area contributed by atoms with Gasteiger partial charge in [0, 0.05) is 25.6 Å². The molecule has 2 rings (SSSR count). The molecule has 0 saturated carbocycles. The van der Waals surface area contributed by atoms with E-state index in [4.69, 9.17) is 4.74 Å². The van der Waals surface area contributed by atoms with Gasteiger partial charge in [0.1, 0.15) is 0 Å². The van der Waals surface area contributed by atoms with Gasteiger partial charge in [0.05, 0.1) is 5.56 Å². The van der Waals surface area contributed by atoms with Gasteiger partial charge >= 0.3 is 5.97 Å². The van der Waals surface area contributed by atoms with E-state index >= 15 is 0 Å². The Morgan fingerprint density at radius 1 is 1.14 bits per heavy atom. The van der Waals surface area contributed by atoms with Crippen LogP contribution in [0.1, 0.15) is 68.8 Å². The SMILES string of the molecule is CC(C)CCCC(C)NC(=O)COC(=O)c1ccc(CN2CCCC2=O)cc1. The maximum absolute atomic E-state index is 12.1. The molecule has 0 aliphatic carbocycles. The molecule has 0 bridgehead atoms. The summed E-state index contributed by atoms with van der Waals surface area (Å²) in [6, 6.07) is 7.05. The number of ether oxygens (including phenoxy) is 1. The fraction of sp³-hybridized carbons (Fsp3) is 0.591. The van der Waals surface area contributed by atoms with Crippen LogP contribution in [0.25, 0.3) is 0 Å². The smallest absolute Gasteiger partial charge is 0.338 e. The predicted molar refractivity (Wildman–Crippen MR) is 108 cm³/mol. The molecule has 1 fully saturated rings. The van der Waals surface area contributed by atoms with E-state index in [2.05, 4.69) is 19.2 Å². The number of amides is 2. The summed E-state index contributed by atoms with van der Waals surface area (Å²) in [7, 11) is 0. The van der Waals surface area contributed by atoms with Crippen molar-refractivity contribution < 1.29 is 19.1 Å². The van der Waals surface area contributed by atoms with Gasteiger partial charge in [-0.25, -0.2) is 4.79 Å². The second-order valence-corrected chi connectivity index (χ2v) is 7.99. The average Bonchev–Trinajstić information content (AvgIpc) is 3.04. The predicted octanol–water partition coefficient (Wildman–Crippen LogP) is 3.30. The number of hydrogen-bond donors (Lipinski definition) is 1. The molecule has 1 unspecified atom stereocenters. The minimum Gasteiger partial charge on any atom is -0.452 e. The van der Waals surface area contributed by atoms with Crippen molar-refractivity contribution in [3.63, 3.8) is 0 Å². The van der Waals surface area contributed by atoms with Gasteiger partial charge in [0.15, 0.2) is 6.61 Å². The van der Waals surface area contributed by atoms with Gasteiger partial charge in [-0.2, -0.15) is 0 Å². The number of rotatable bonds is 10. The molecule has 1 aliphatic heterocycles. The maximum atomic E-state index is 12.1. The first-order valence-electron chi connectivity index (χ1n) is 10.2. The molecule has 6 heteroatoms. The highest BCUT2D eigenvalue weighted by Crippen LogP contribution is 2.15. The zero-order chi connectivity index (χ0) is 20.5. The van der Waals surface area contributed by atoms with Gasteiger partial charge in [-0.05, 0) is 43.4 Å². The molecule has 1 aromatic carbocycles. The van der Waals surface area contributed by atoms with Crippen LogP contribution in [0.3, 0.4) is 0 Å². The van der Waals surface area contributed by atoms with Gasteiger partial charge in [-0.1, -0.05) is 38.8 Å². The molecule has 1 aliphatic rings. The molecule has 0 spiro atoms. The highest BCUT2D eigenvalue weighted by molar-refractivity contribution is 5.91. The fourth-order valence-electron chi connectivity index (χ4n) is 3.27. The third kappa shape index (κ3) is 7.33. The van der Waals surface area contributed by atoms with Gasteiger partial charge in [-0.3, -0.25) is 9.59 Å². The number of hydrogen-bond acceptors (Lipinski definition) is 4. The number of nitrogens with one attached hydrogen (secondary N) is 1. The summed E-state index contributed by atoms with van der Waals surface area (Å²) in [6.45, 7) is 7.39. The van der Waals surface area contributed by atoms with Crippen LogP contribution >= 0.6 is 0 Å². The van der Waals surface area contributed by atoms with Crippen molar-refractivity contribution in [2.24, 2.45) is 5.92 Å². The van der Waals surface area contributed by atoms with Crippen molar-refractivity contribution in [1.29, 1.82) is 0 Å². The summed E-state index contributed by atoms with van der Waals surface area (Å²) in [5, 5.41) is 2.86. The topological polar surface area (TPSA) is 75.7 Å². The molecular weight excluding hydrogens is 356 g/mol. The first kappa shape index (κ1) is 21.9. The van der Waals surface area contributed by atoms with E-state index in [9.17, 15) is 14.4 Å². The maximum Gasteiger partial charge on any atom is 0.338 e. The summed E-state index contributed by atoms with van der Waals surface area (Å²) in [5.41, 5.74) is 1.37. The number of carbonyl (C=O) groups is 3. The molecule has 1 saturated heterocycles. The van der Waals surface area contributed by atoms with E-state index < -0.39 is 5.97 Å². The minimum atomic E-state index is -0.522. The number of esters is 1. The number of likely N-dealkylation sites (tertiary alicyclic amines) is 1. The number of benzene rings is 1. The Hall–Kier alpha value is -2.37. The Labute approximate surface area is 167 Å². The zero-order valence-electron chi connectivity index (χ0n) is 17.2. The van der Waals surface area contributed by atoms with Crippen LogP contribution in [0.5, 0.6) is 0 Å². The first-order valence-corrected chi connectivity index (χ1v) is 10.2. The lowest BCUT2D eigenvalue weighted by Crippen LogP contribution is -2.35. The van der Waals surface area contributed by atoms with Crippen LogP contribution in [0.15, 0.2) is 24.3 Å². The zero-order valence-corrected chi connectivity index (χ0v) is 17.2. The average molecular weight is 389 g/mol. The number of nitrogens with zero attached hydrogens (tertiary/aromatic N) is 1. The van der Waals surface area contributed by atoms with Crippen molar-refractivity contribution in [3.05, 3.63) is 35.4 Å². The van der Waals surface area contributed by atoms with Gasteiger partial charge < -0.3 is 15.0 Å². The van der Waals surface area contributed by atoms with Crippen molar-refractivity contribution in [2.75, 3.05) is 13.2 Å². The highest BCUT2D eigenvalue weighted by atomic mass is 16.5. The van der Waals surface area contributed by atoms with Crippen LogP contribution in [0, 0.1) is 5.92 Å². The van der Waals surface area contributed by atoms with E-state index in [-0.39, 0.29) is 24.5 Å². The van der Waals surface area contributed by atoms with E-state index in [1.807, 2.05) is 24.0 Å². The van der Waals surface area contributed by atoms with Gasteiger partial charge in [-0.15, -0.1) is 0 Å². The van der Waals surface area contributed by atoms with Crippen LogP contribution in [-0.4, -0.2) is 41.9 Å². The van der Waals surface area contributed by atoms with E-state index in [0.717, 1.165) is 37.8 Å². The van der Waals surface area contributed by atoms with Crippen LogP contribution in [0.4, 0.5) is 0 Å². The molecule has 1 heterocycles. The third-order valence-electron chi connectivity index (χ3n) is 4.89. The molecule has 154 valence electrons. The normalized spacial score (nSPS) is 15.0. The van der Waals surface area contributed by atoms with Gasteiger partial charge in [0.25, 0.3) is 5.91 Å². The Bertz CT molecular complexity index is 670. The van der Waals surface area contributed by atoms with Crippen molar-refractivity contribution in [2.45, 2.75) is 65.5 Å². The summed E-state index contributed by atoms with van der Waals surface area (Å²) in [5.74, 6) is 0.0278. The highest BCUT2D eigenvalue weighted by Gasteiger charge is 2.20. The van der Waals surface area contributed by atoms with E-state index in [0.29, 0.717) is 24.4 Å². The Morgan fingerprint density at radius 3 is 2.46 bits per heavy atom. The molecule has 6 nitrogen and oxygen atoms in total. The van der Waals surface area contributed by atoms with Crippen LogP contribution < -0.4 is 5.32 Å². The van der Waals surface area contributed by atoms with E-state index in [1.165, 1.54) is 0 Å². The monoisotopic (exact) mass is 388 g/mol. The Balaban J connectivity index is 1.71. The molecule has 1 atom stereocenters. The lowest BCUT2D eigenvalue weighted by molar-refractivity contribution is -0.128. The standard InChI is InChI=1S/C22H32N2O4/c1-16(2)6-4-7-17(3)23-20(25)15-28-22(27)19-11-9-18(10-12-19)14-24-13-5-8-21(24)26/h9-12,16-17H,4-8,13-15H2,1-3H3,(H,23,25). The third-order valence-corrected chi connectivity index (χ3v) is 4.89. The number of carbonyl (C=O) groups excluding carboxylic acids is 3. The molecule has 0 aromatic heterocycles. The molecule has 1 aromatic rings. The minimum absolute atomic E-state index is 0.0672. The molecule has 0 radical (unpaired) electrons. The van der Waals surface area contributed by atoms with Crippen LogP contribution in [-0.2, 0) is 20.9 Å². The lowest BCUT2D eigenvalue weighted by atomic mass is 10.0. The van der Waals surface area contributed by atoms with Gasteiger partial charge in [0.2, 0.25) is 5.91 Å². The van der Waals surface area contributed by atoms with Crippen LogP contribution in [0.2, 0.25) is 0 Å². The lowest BCUT2D eigenvalue weighted by Gasteiger charge is -2.16. The van der Waals surface area contributed by atoms with Crippen molar-refractivity contribution >= 4 is 17.8 Å². The van der Waals surface area contributed by atoms with E-state index in [1.54, 1.807) is 12.1 Å². The summed E-state index contributed by atoms with van der Waals surface area (Å²) in [4.78, 5) is 37.6.